The van der Waals surface area contributed by atoms with E-state index in [2.05, 4.69) is 5.32 Å². The predicted molar refractivity (Wildman–Crippen MR) is 80.4 cm³/mol. The van der Waals surface area contributed by atoms with Gasteiger partial charge in [0.1, 0.15) is 5.78 Å². The average molecular weight is 288 g/mol. The van der Waals surface area contributed by atoms with Gasteiger partial charge in [0.05, 0.1) is 0 Å². The summed E-state index contributed by atoms with van der Waals surface area (Å²) in [6.45, 7) is 4.41. The minimum absolute atomic E-state index is 0.00629. The van der Waals surface area contributed by atoms with Crippen molar-refractivity contribution in [3.8, 4) is 0 Å². The van der Waals surface area contributed by atoms with E-state index in [4.69, 9.17) is 0 Å². The van der Waals surface area contributed by atoms with Crippen molar-refractivity contribution in [3.05, 3.63) is 29.8 Å². The number of amides is 2. The lowest BCUT2D eigenvalue weighted by molar-refractivity contribution is -0.125. The van der Waals surface area contributed by atoms with Gasteiger partial charge in [-0.05, 0) is 37.6 Å². The second kappa shape index (κ2) is 6.52. The van der Waals surface area contributed by atoms with E-state index in [1.54, 1.807) is 29.2 Å². The van der Waals surface area contributed by atoms with Crippen LogP contribution in [0.1, 0.15) is 37.0 Å². The molecule has 21 heavy (non-hydrogen) atoms. The molecule has 2 rings (SSSR count). The van der Waals surface area contributed by atoms with Gasteiger partial charge in [-0.3, -0.25) is 9.59 Å². The van der Waals surface area contributed by atoms with Crippen LogP contribution in [0.2, 0.25) is 0 Å². The molecule has 1 N–H and O–H groups in total. The second-order valence-electron chi connectivity index (χ2n) is 5.33. The molecule has 0 spiro atoms. The number of ketones is 2. The van der Waals surface area contributed by atoms with Crippen LogP contribution < -0.4 is 5.32 Å². The summed E-state index contributed by atoms with van der Waals surface area (Å²) in [7, 11) is 0. The Balaban J connectivity index is 1.98. The summed E-state index contributed by atoms with van der Waals surface area (Å²) in [6.07, 6.45) is 1.19. The molecule has 0 bridgehead atoms. The van der Waals surface area contributed by atoms with E-state index in [1.165, 1.54) is 6.92 Å². The van der Waals surface area contributed by atoms with Gasteiger partial charge in [0, 0.05) is 36.7 Å². The molecule has 1 saturated heterocycles. The molecule has 0 radical (unpaired) electrons. The van der Waals surface area contributed by atoms with E-state index in [0.717, 1.165) is 6.42 Å². The van der Waals surface area contributed by atoms with Crippen LogP contribution in [0.25, 0.3) is 0 Å². The van der Waals surface area contributed by atoms with Gasteiger partial charge in [-0.1, -0.05) is 6.92 Å². The van der Waals surface area contributed by atoms with Crippen molar-refractivity contribution < 1.29 is 14.4 Å². The molecule has 5 nitrogen and oxygen atoms in total. The number of carbonyl (C=O) groups is 3. The van der Waals surface area contributed by atoms with Crippen LogP contribution >= 0.6 is 0 Å². The highest BCUT2D eigenvalue weighted by molar-refractivity contribution is 5.95. The molecule has 1 atom stereocenters. The van der Waals surface area contributed by atoms with Crippen molar-refractivity contribution in [2.75, 3.05) is 18.4 Å². The van der Waals surface area contributed by atoms with Crippen molar-refractivity contribution in [2.45, 2.75) is 26.7 Å². The van der Waals surface area contributed by atoms with Crippen LogP contribution in [0.5, 0.6) is 0 Å². The second-order valence-corrected chi connectivity index (χ2v) is 5.33. The summed E-state index contributed by atoms with van der Waals surface area (Å²) in [4.78, 5) is 36.7. The average Bonchev–Trinajstić information content (AvgIpc) is 2.48. The zero-order valence-corrected chi connectivity index (χ0v) is 12.4. The molecular formula is C16H20N2O3. The van der Waals surface area contributed by atoms with E-state index in [-0.39, 0.29) is 23.5 Å². The third kappa shape index (κ3) is 3.68. The molecule has 2 amide bonds. The zero-order chi connectivity index (χ0) is 15.4. The minimum atomic E-state index is -0.198. The lowest BCUT2D eigenvalue weighted by Crippen LogP contribution is -2.45. The first-order chi connectivity index (χ1) is 10.0. The van der Waals surface area contributed by atoms with Gasteiger partial charge in [-0.15, -0.1) is 0 Å². The van der Waals surface area contributed by atoms with Gasteiger partial charge in [0.2, 0.25) is 0 Å². The number of rotatable bonds is 3. The summed E-state index contributed by atoms with van der Waals surface area (Å²) < 4.78 is 0. The van der Waals surface area contributed by atoms with Crippen LogP contribution in [0.4, 0.5) is 10.5 Å². The molecule has 1 aromatic carbocycles. The third-order valence-electron chi connectivity index (χ3n) is 3.85. The molecular weight excluding hydrogens is 268 g/mol. The number of hydrogen-bond donors (Lipinski definition) is 1. The van der Waals surface area contributed by atoms with Gasteiger partial charge in [-0.2, -0.15) is 0 Å². The van der Waals surface area contributed by atoms with Crippen molar-refractivity contribution in [1.29, 1.82) is 0 Å². The number of hydrogen-bond acceptors (Lipinski definition) is 3. The fourth-order valence-corrected chi connectivity index (χ4v) is 2.44. The molecule has 5 heteroatoms. The van der Waals surface area contributed by atoms with Crippen molar-refractivity contribution in [3.63, 3.8) is 0 Å². The van der Waals surface area contributed by atoms with Crippen LogP contribution in [0.3, 0.4) is 0 Å². The maximum atomic E-state index is 12.2. The molecule has 1 unspecified atom stereocenters. The monoisotopic (exact) mass is 288 g/mol. The number of benzene rings is 1. The third-order valence-corrected chi connectivity index (χ3v) is 3.85. The van der Waals surface area contributed by atoms with Crippen molar-refractivity contribution in [1.82, 2.24) is 4.90 Å². The number of piperidine rings is 1. The van der Waals surface area contributed by atoms with Crippen LogP contribution in [-0.2, 0) is 4.79 Å². The topological polar surface area (TPSA) is 66.5 Å². The van der Waals surface area contributed by atoms with E-state index >= 15 is 0 Å². The van der Waals surface area contributed by atoms with Crippen molar-refractivity contribution in [2.24, 2.45) is 5.92 Å². The minimum Gasteiger partial charge on any atom is -0.323 e. The number of carbonyl (C=O) groups excluding carboxylic acids is 3. The highest BCUT2D eigenvalue weighted by Gasteiger charge is 2.28. The predicted octanol–water partition coefficient (Wildman–Crippen LogP) is 2.72. The number of likely N-dealkylation sites (tertiary alicyclic amines) is 1. The van der Waals surface area contributed by atoms with Crippen LogP contribution in [0, 0.1) is 5.92 Å². The van der Waals surface area contributed by atoms with Crippen LogP contribution in [0.15, 0.2) is 24.3 Å². The van der Waals surface area contributed by atoms with Gasteiger partial charge < -0.3 is 10.2 Å². The maximum Gasteiger partial charge on any atom is 0.321 e. The quantitative estimate of drug-likeness (QED) is 0.870. The highest BCUT2D eigenvalue weighted by Crippen LogP contribution is 2.18. The van der Waals surface area contributed by atoms with Gasteiger partial charge >= 0.3 is 6.03 Å². The summed E-state index contributed by atoms with van der Waals surface area (Å²) in [5.74, 6) is 0.185. The standard InChI is InChI=1S/C16H20N2O3/c1-3-12-10-18(9-8-15(12)20)16(21)17-14-6-4-13(5-7-14)11(2)19/h4-7,12H,3,8-10H2,1-2H3,(H,17,21). The van der Waals surface area contributed by atoms with Gasteiger partial charge in [0.15, 0.2) is 5.78 Å². The van der Waals surface area contributed by atoms with Gasteiger partial charge in [-0.25, -0.2) is 4.79 Å². The number of nitrogens with one attached hydrogen (secondary N) is 1. The fourth-order valence-electron chi connectivity index (χ4n) is 2.44. The fraction of sp³-hybridized carbons (Fsp3) is 0.438. The highest BCUT2D eigenvalue weighted by atomic mass is 16.2. The molecule has 1 aromatic rings. The first-order valence-corrected chi connectivity index (χ1v) is 7.21. The lowest BCUT2D eigenvalue weighted by Gasteiger charge is -2.31. The zero-order valence-electron chi connectivity index (χ0n) is 12.4. The van der Waals surface area contributed by atoms with E-state index in [1.807, 2.05) is 6.92 Å². The Labute approximate surface area is 124 Å². The molecule has 1 aliphatic heterocycles. The van der Waals surface area contributed by atoms with Crippen molar-refractivity contribution >= 4 is 23.3 Å². The SMILES string of the molecule is CCC1CN(C(=O)Nc2ccc(C(C)=O)cc2)CCC1=O. The largest absolute Gasteiger partial charge is 0.323 e. The summed E-state index contributed by atoms with van der Waals surface area (Å²) in [5.41, 5.74) is 1.26. The van der Waals surface area contributed by atoms with E-state index in [9.17, 15) is 14.4 Å². The molecule has 1 heterocycles. The molecule has 1 aliphatic rings. The number of urea groups is 1. The van der Waals surface area contributed by atoms with E-state index < -0.39 is 0 Å². The molecule has 1 fully saturated rings. The van der Waals surface area contributed by atoms with Crippen LogP contribution in [-0.4, -0.2) is 35.6 Å². The Morgan fingerprint density at radius 1 is 1.29 bits per heavy atom. The summed E-state index contributed by atoms with van der Waals surface area (Å²) >= 11 is 0. The Bertz CT molecular complexity index is 551. The normalized spacial score (nSPS) is 18.5. The summed E-state index contributed by atoms with van der Waals surface area (Å²) in [5, 5.41) is 2.80. The number of nitrogens with zero attached hydrogens (tertiary/aromatic N) is 1. The summed E-state index contributed by atoms with van der Waals surface area (Å²) in [6, 6.07) is 6.60. The first kappa shape index (κ1) is 15.2. The number of anilines is 1. The smallest absolute Gasteiger partial charge is 0.321 e. The molecule has 0 aromatic heterocycles. The van der Waals surface area contributed by atoms with E-state index in [0.29, 0.717) is 30.8 Å². The Kier molecular flexibility index (Phi) is 4.73. The Morgan fingerprint density at radius 2 is 1.95 bits per heavy atom. The Morgan fingerprint density at radius 3 is 2.52 bits per heavy atom. The lowest BCUT2D eigenvalue weighted by atomic mass is 9.94. The molecule has 0 aliphatic carbocycles. The molecule has 0 saturated carbocycles. The molecule has 112 valence electrons. The first-order valence-electron chi connectivity index (χ1n) is 7.21. The number of Topliss-reactive ketones (excluding diaryl/α,β-unsaturated/α-hetero) is 2. The van der Waals surface area contributed by atoms with Gasteiger partial charge in [0.25, 0.3) is 0 Å². The maximum absolute atomic E-state index is 12.2. The Hall–Kier alpha value is -2.17.